The summed E-state index contributed by atoms with van der Waals surface area (Å²) in [7, 11) is 0. The third kappa shape index (κ3) is 4.58. The van der Waals surface area contributed by atoms with Crippen molar-refractivity contribution in [2.45, 2.75) is 13.5 Å². The Morgan fingerprint density at radius 3 is 2.60 bits per heavy atom. The molecule has 2 rings (SSSR count). The van der Waals surface area contributed by atoms with Crippen LogP contribution in [0.5, 0.6) is 0 Å². The van der Waals surface area contributed by atoms with Gasteiger partial charge in [0.05, 0.1) is 0 Å². The van der Waals surface area contributed by atoms with Gasteiger partial charge in [0.1, 0.15) is 0 Å². The van der Waals surface area contributed by atoms with Crippen LogP contribution in [0, 0.1) is 0 Å². The van der Waals surface area contributed by atoms with Crippen molar-refractivity contribution in [2.24, 2.45) is 0 Å². The standard InChI is InChI=1S/C14H22N4O.ClH/c1-2-16-14(19)18-8-6-17(7-9-18)11-12-4-3-5-13(15)10-12;/h3-5,10H,2,6-9,11,15H2,1H3,(H,16,19);1H. The van der Waals surface area contributed by atoms with Crippen molar-refractivity contribution in [3.8, 4) is 0 Å². The molecular formula is C14H23ClN4O. The second-order valence-corrected chi connectivity index (χ2v) is 4.84. The maximum Gasteiger partial charge on any atom is 0.317 e. The van der Waals surface area contributed by atoms with E-state index >= 15 is 0 Å². The Morgan fingerprint density at radius 2 is 2.00 bits per heavy atom. The Kier molecular flexibility index (Phi) is 6.61. The second kappa shape index (κ2) is 7.97. The summed E-state index contributed by atoms with van der Waals surface area (Å²) in [6.45, 7) is 6.91. The van der Waals surface area contributed by atoms with Crippen molar-refractivity contribution in [2.75, 3.05) is 38.5 Å². The van der Waals surface area contributed by atoms with E-state index in [2.05, 4.69) is 16.3 Å². The van der Waals surface area contributed by atoms with Gasteiger partial charge in [-0.25, -0.2) is 4.79 Å². The highest BCUT2D eigenvalue weighted by Crippen LogP contribution is 2.11. The largest absolute Gasteiger partial charge is 0.399 e. The Hall–Kier alpha value is -1.46. The molecule has 0 aliphatic carbocycles. The van der Waals surface area contributed by atoms with E-state index in [-0.39, 0.29) is 18.4 Å². The number of hydrogen-bond donors (Lipinski definition) is 2. The first-order chi connectivity index (χ1) is 9.19. The highest BCUT2D eigenvalue weighted by Gasteiger charge is 2.20. The highest BCUT2D eigenvalue weighted by molar-refractivity contribution is 5.85. The van der Waals surface area contributed by atoms with Crippen molar-refractivity contribution in [3.05, 3.63) is 29.8 Å². The van der Waals surface area contributed by atoms with Crippen LogP contribution in [0.1, 0.15) is 12.5 Å². The number of rotatable bonds is 3. The molecule has 1 aromatic rings. The maximum absolute atomic E-state index is 11.7. The van der Waals surface area contributed by atoms with E-state index in [1.165, 1.54) is 5.56 Å². The average Bonchev–Trinajstić information content (AvgIpc) is 2.40. The van der Waals surface area contributed by atoms with Gasteiger partial charge in [0.25, 0.3) is 0 Å². The highest BCUT2D eigenvalue weighted by atomic mass is 35.5. The number of nitrogens with one attached hydrogen (secondary N) is 1. The number of carbonyl (C=O) groups excluding carboxylic acids is 1. The molecule has 5 nitrogen and oxygen atoms in total. The number of benzene rings is 1. The monoisotopic (exact) mass is 298 g/mol. The molecule has 20 heavy (non-hydrogen) atoms. The molecule has 3 N–H and O–H groups in total. The molecule has 1 saturated heterocycles. The molecule has 1 aliphatic rings. The van der Waals surface area contributed by atoms with E-state index in [1.807, 2.05) is 30.0 Å². The lowest BCUT2D eigenvalue weighted by atomic mass is 10.2. The molecule has 0 unspecified atom stereocenters. The molecule has 0 radical (unpaired) electrons. The van der Waals surface area contributed by atoms with Gasteiger partial charge in [-0.15, -0.1) is 12.4 Å². The van der Waals surface area contributed by atoms with Gasteiger partial charge >= 0.3 is 6.03 Å². The molecule has 6 heteroatoms. The Labute approximate surface area is 126 Å². The van der Waals surface area contributed by atoms with E-state index in [0.29, 0.717) is 6.54 Å². The van der Waals surface area contributed by atoms with Crippen LogP contribution in [0.25, 0.3) is 0 Å². The predicted octanol–water partition coefficient (Wildman–Crippen LogP) is 1.54. The number of nitrogen functional groups attached to an aromatic ring is 1. The molecule has 0 bridgehead atoms. The number of carbonyl (C=O) groups is 1. The number of nitrogens with zero attached hydrogens (tertiary/aromatic N) is 2. The number of nitrogens with two attached hydrogens (primary N) is 1. The Bertz CT molecular complexity index is 433. The number of urea groups is 1. The number of halogens is 1. The quantitative estimate of drug-likeness (QED) is 0.832. The molecule has 1 fully saturated rings. The van der Waals surface area contributed by atoms with Gasteiger partial charge in [-0.2, -0.15) is 0 Å². The molecule has 0 atom stereocenters. The zero-order valence-corrected chi connectivity index (χ0v) is 12.7. The smallest absolute Gasteiger partial charge is 0.317 e. The normalized spacial score (nSPS) is 15.6. The summed E-state index contributed by atoms with van der Waals surface area (Å²) in [4.78, 5) is 15.9. The topological polar surface area (TPSA) is 61.6 Å². The summed E-state index contributed by atoms with van der Waals surface area (Å²) in [6, 6.07) is 8.03. The fourth-order valence-electron chi connectivity index (χ4n) is 2.32. The third-order valence-corrected chi connectivity index (χ3v) is 3.34. The van der Waals surface area contributed by atoms with Crippen LogP contribution >= 0.6 is 12.4 Å². The summed E-state index contributed by atoms with van der Waals surface area (Å²) < 4.78 is 0. The van der Waals surface area contributed by atoms with Crippen LogP contribution in [-0.4, -0.2) is 48.6 Å². The van der Waals surface area contributed by atoms with Crippen LogP contribution in [0.4, 0.5) is 10.5 Å². The van der Waals surface area contributed by atoms with E-state index in [0.717, 1.165) is 38.4 Å². The summed E-state index contributed by atoms with van der Waals surface area (Å²) in [5.41, 5.74) is 7.81. The van der Waals surface area contributed by atoms with Gasteiger partial charge in [0.2, 0.25) is 0 Å². The summed E-state index contributed by atoms with van der Waals surface area (Å²) in [5, 5.41) is 2.84. The molecule has 1 aliphatic heterocycles. The van der Waals surface area contributed by atoms with Crippen LogP contribution < -0.4 is 11.1 Å². The van der Waals surface area contributed by atoms with Crippen molar-refractivity contribution < 1.29 is 4.79 Å². The van der Waals surface area contributed by atoms with E-state index in [9.17, 15) is 4.79 Å². The van der Waals surface area contributed by atoms with Crippen molar-refractivity contribution >= 4 is 24.1 Å². The van der Waals surface area contributed by atoms with Gasteiger partial charge in [-0.05, 0) is 24.6 Å². The molecule has 0 aromatic heterocycles. The zero-order valence-electron chi connectivity index (χ0n) is 11.8. The van der Waals surface area contributed by atoms with Gasteiger partial charge in [-0.1, -0.05) is 12.1 Å². The van der Waals surface area contributed by atoms with Crippen LogP contribution in [0.2, 0.25) is 0 Å². The van der Waals surface area contributed by atoms with E-state index in [1.54, 1.807) is 0 Å². The van der Waals surface area contributed by atoms with Gasteiger partial charge in [-0.3, -0.25) is 4.90 Å². The van der Waals surface area contributed by atoms with Crippen molar-refractivity contribution in [1.29, 1.82) is 0 Å². The van der Waals surface area contributed by atoms with Gasteiger partial charge in [0, 0.05) is 45.0 Å². The van der Waals surface area contributed by atoms with Gasteiger partial charge in [0.15, 0.2) is 0 Å². The minimum Gasteiger partial charge on any atom is -0.399 e. The fourth-order valence-corrected chi connectivity index (χ4v) is 2.32. The zero-order chi connectivity index (χ0) is 13.7. The number of amides is 2. The molecule has 112 valence electrons. The van der Waals surface area contributed by atoms with Crippen LogP contribution in [-0.2, 0) is 6.54 Å². The maximum atomic E-state index is 11.7. The third-order valence-electron chi connectivity index (χ3n) is 3.34. The van der Waals surface area contributed by atoms with Crippen LogP contribution in [0.15, 0.2) is 24.3 Å². The lowest BCUT2D eigenvalue weighted by Gasteiger charge is -2.34. The van der Waals surface area contributed by atoms with E-state index < -0.39 is 0 Å². The summed E-state index contributed by atoms with van der Waals surface area (Å²) >= 11 is 0. The van der Waals surface area contributed by atoms with E-state index in [4.69, 9.17) is 5.73 Å². The second-order valence-electron chi connectivity index (χ2n) is 4.84. The lowest BCUT2D eigenvalue weighted by molar-refractivity contribution is 0.135. The molecule has 1 heterocycles. The SMILES string of the molecule is CCNC(=O)N1CCN(Cc2cccc(N)c2)CC1.Cl. The van der Waals surface area contributed by atoms with Crippen LogP contribution in [0.3, 0.4) is 0 Å². The molecular weight excluding hydrogens is 276 g/mol. The Balaban J connectivity index is 0.00000200. The minimum absolute atomic E-state index is 0. The number of anilines is 1. The number of piperazine rings is 1. The summed E-state index contributed by atoms with van der Waals surface area (Å²) in [5.74, 6) is 0. The van der Waals surface area contributed by atoms with Crippen molar-refractivity contribution in [3.63, 3.8) is 0 Å². The van der Waals surface area contributed by atoms with Gasteiger partial charge < -0.3 is 16.0 Å². The Morgan fingerprint density at radius 1 is 1.30 bits per heavy atom. The first-order valence-electron chi connectivity index (χ1n) is 6.78. The molecule has 0 spiro atoms. The van der Waals surface area contributed by atoms with Crippen molar-refractivity contribution in [1.82, 2.24) is 15.1 Å². The lowest BCUT2D eigenvalue weighted by Crippen LogP contribution is -2.51. The first kappa shape index (κ1) is 16.6. The molecule has 0 saturated carbocycles. The number of hydrogen-bond acceptors (Lipinski definition) is 3. The molecule has 2 amide bonds. The predicted molar refractivity (Wildman–Crippen MR) is 84.0 cm³/mol. The summed E-state index contributed by atoms with van der Waals surface area (Å²) in [6.07, 6.45) is 0. The molecule has 1 aromatic carbocycles. The fraction of sp³-hybridized carbons (Fsp3) is 0.500. The first-order valence-corrected chi connectivity index (χ1v) is 6.78. The minimum atomic E-state index is 0. The average molecular weight is 299 g/mol.